The maximum atomic E-state index is 4.46. The van der Waals surface area contributed by atoms with Crippen LogP contribution in [0.3, 0.4) is 0 Å². The molecule has 0 bridgehead atoms. The molecule has 0 N–H and O–H groups in total. The van der Waals surface area contributed by atoms with Crippen molar-refractivity contribution in [3.05, 3.63) is 65.5 Å². The second-order valence-electron chi connectivity index (χ2n) is 7.09. The van der Waals surface area contributed by atoms with Crippen LogP contribution in [-0.2, 0) is 5.41 Å². The summed E-state index contributed by atoms with van der Waals surface area (Å²) in [7, 11) is 2.09. The van der Waals surface area contributed by atoms with Gasteiger partial charge in [-0.3, -0.25) is 0 Å². The van der Waals surface area contributed by atoms with Crippen LogP contribution in [0.4, 0.5) is 5.82 Å². The van der Waals surface area contributed by atoms with Crippen molar-refractivity contribution in [3.8, 4) is 5.82 Å². The number of hydrogen-bond acceptors (Lipinski definition) is 4. The van der Waals surface area contributed by atoms with Crippen LogP contribution in [0, 0.1) is 13.8 Å². The molecule has 1 aromatic carbocycles. The van der Waals surface area contributed by atoms with Crippen molar-refractivity contribution in [2.24, 2.45) is 0 Å². The molecule has 1 aliphatic carbocycles. The first-order valence-corrected chi connectivity index (χ1v) is 8.71. The van der Waals surface area contributed by atoms with E-state index in [0.717, 1.165) is 29.6 Å². The van der Waals surface area contributed by atoms with E-state index in [1.54, 1.807) is 0 Å². The van der Waals surface area contributed by atoms with Crippen molar-refractivity contribution < 1.29 is 0 Å². The Hall–Kier alpha value is -2.69. The van der Waals surface area contributed by atoms with E-state index in [2.05, 4.69) is 57.6 Å². The second-order valence-corrected chi connectivity index (χ2v) is 7.09. The van der Waals surface area contributed by atoms with Crippen molar-refractivity contribution in [2.75, 3.05) is 18.5 Å². The van der Waals surface area contributed by atoms with Crippen LogP contribution in [-0.4, -0.2) is 33.6 Å². The molecular weight excluding hydrogens is 310 g/mol. The summed E-state index contributed by atoms with van der Waals surface area (Å²) in [6.45, 7) is 4.97. The maximum Gasteiger partial charge on any atom is 0.176 e. The summed E-state index contributed by atoms with van der Waals surface area (Å²) in [5, 5.41) is 13.3. The van der Waals surface area contributed by atoms with Crippen molar-refractivity contribution in [2.45, 2.75) is 32.1 Å². The molecule has 0 spiro atoms. The zero-order valence-electron chi connectivity index (χ0n) is 15.0. The Balaban J connectivity index is 1.52. The molecule has 1 fully saturated rings. The van der Waals surface area contributed by atoms with Gasteiger partial charge in [-0.15, -0.1) is 10.2 Å². The van der Waals surface area contributed by atoms with Crippen LogP contribution in [0.1, 0.15) is 29.8 Å². The molecule has 1 aliphatic rings. The Kier molecular flexibility index (Phi) is 3.79. The Bertz CT molecular complexity index is 863. The number of rotatable bonds is 5. The first-order chi connectivity index (χ1) is 12.1. The molecule has 0 aliphatic heterocycles. The minimum absolute atomic E-state index is 0.270. The van der Waals surface area contributed by atoms with Crippen LogP contribution in [0.25, 0.3) is 5.82 Å². The minimum atomic E-state index is 0.270. The number of nitrogens with zero attached hydrogens (tertiary/aromatic N) is 5. The fourth-order valence-electron chi connectivity index (χ4n) is 3.51. The van der Waals surface area contributed by atoms with E-state index in [-0.39, 0.29) is 5.41 Å². The van der Waals surface area contributed by atoms with Crippen molar-refractivity contribution >= 4 is 5.82 Å². The molecule has 128 valence electrons. The van der Waals surface area contributed by atoms with Crippen LogP contribution < -0.4 is 4.90 Å². The zero-order valence-corrected chi connectivity index (χ0v) is 15.0. The largest absolute Gasteiger partial charge is 0.357 e. The first-order valence-electron chi connectivity index (χ1n) is 8.71. The van der Waals surface area contributed by atoms with Gasteiger partial charge in [-0.2, -0.15) is 5.10 Å². The first kappa shape index (κ1) is 15.8. The SMILES string of the molecule is Cc1cc(C)n(-c2ccc(N(C)CC3(c4ccccc4)CC3)nn2)n1. The van der Waals surface area contributed by atoms with Crippen LogP contribution in [0.2, 0.25) is 0 Å². The molecule has 5 heteroatoms. The van der Waals surface area contributed by atoms with E-state index in [9.17, 15) is 0 Å². The molecule has 0 atom stereocenters. The molecule has 2 heterocycles. The summed E-state index contributed by atoms with van der Waals surface area (Å²) in [5.74, 6) is 1.65. The summed E-state index contributed by atoms with van der Waals surface area (Å²) >= 11 is 0. The van der Waals surface area contributed by atoms with E-state index in [1.165, 1.54) is 18.4 Å². The Labute approximate surface area is 148 Å². The van der Waals surface area contributed by atoms with Gasteiger partial charge in [0.1, 0.15) is 0 Å². The Morgan fingerprint density at radius 2 is 1.80 bits per heavy atom. The van der Waals surface area contributed by atoms with Gasteiger partial charge in [0.2, 0.25) is 0 Å². The predicted octanol–water partition coefficient (Wildman–Crippen LogP) is 3.45. The normalized spacial score (nSPS) is 15.2. The lowest BCUT2D eigenvalue weighted by molar-refractivity contribution is 0.663. The molecule has 0 unspecified atom stereocenters. The van der Waals surface area contributed by atoms with Gasteiger partial charge in [0, 0.05) is 24.7 Å². The zero-order chi connectivity index (χ0) is 17.4. The van der Waals surface area contributed by atoms with Gasteiger partial charge in [0.25, 0.3) is 0 Å². The molecular formula is C20H23N5. The van der Waals surface area contributed by atoms with Crippen LogP contribution in [0.15, 0.2) is 48.5 Å². The molecule has 0 amide bonds. The third-order valence-corrected chi connectivity index (χ3v) is 5.03. The average Bonchev–Trinajstić information content (AvgIpc) is 3.33. The standard InChI is InChI=1S/C20H23N5/c1-15-13-16(2)25(23-15)19-10-9-18(21-22-19)24(3)14-20(11-12-20)17-7-5-4-6-8-17/h4-10,13H,11-12,14H2,1-3H3. The van der Waals surface area contributed by atoms with Gasteiger partial charge in [0.15, 0.2) is 11.6 Å². The highest BCUT2D eigenvalue weighted by Gasteiger charge is 2.45. The molecule has 0 saturated heterocycles. The number of aryl methyl sites for hydroxylation is 2. The fraction of sp³-hybridized carbons (Fsp3) is 0.350. The minimum Gasteiger partial charge on any atom is -0.357 e. The lowest BCUT2D eigenvalue weighted by Crippen LogP contribution is -2.30. The monoisotopic (exact) mass is 333 g/mol. The molecule has 2 aromatic heterocycles. The van der Waals surface area contributed by atoms with Gasteiger partial charge in [0.05, 0.1) is 5.69 Å². The van der Waals surface area contributed by atoms with Gasteiger partial charge in [-0.1, -0.05) is 30.3 Å². The van der Waals surface area contributed by atoms with E-state index in [4.69, 9.17) is 0 Å². The fourth-order valence-corrected chi connectivity index (χ4v) is 3.51. The second kappa shape index (κ2) is 5.99. The Morgan fingerprint density at radius 1 is 1.04 bits per heavy atom. The molecule has 5 nitrogen and oxygen atoms in total. The lowest BCUT2D eigenvalue weighted by atomic mass is 9.95. The van der Waals surface area contributed by atoms with Crippen molar-refractivity contribution in [1.29, 1.82) is 0 Å². The molecule has 4 rings (SSSR count). The Morgan fingerprint density at radius 3 is 2.36 bits per heavy atom. The summed E-state index contributed by atoms with van der Waals surface area (Å²) in [4.78, 5) is 2.21. The van der Waals surface area contributed by atoms with E-state index >= 15 is 0 Å². The average molecular weight is 333 g/mol. The highest BCUT2D eigenvalue weighted by molar-refractivity contribution is 5.43. The highest BCUT2D eigenvalue weighted by Crippen LogP contribution is 2.48. The van der Waals surface area contributed by atoms with E-state index in [1.807, 2.05) is 36.7 Å². The summed E-state index contributed by atoms with van der Waals surface area (Å²) in [6.07, 6.45) is 2.47. The number of anilines is 1. The van der Waals surface area contributed by atoms with Gasteiger partial charge >= 0.3 is 0 Å². The number of aromatic nitrogens is 4. The number of hydrogen-bond donors (Lipinski definition) is 0. The number of benzene rings is 1. The van der Waals surface area contributed by atoms with Crippen molar-refractivity contribution in [3.63, 3.8) is 0 Å². The summed E-state index contributed by atoms with van der Waals surface area (Å²) in [5.41, 5.74) is 3.74. The van der Waals surface area contributed by atoms with Gasteiger partial charge in [-0.25, -0.2) is 4.68 Å². The third kappa shape index (κ3) is 3.02. The smallest absolute Gasteiger partial charge is 0.176 e. The molecule has 3 aromatic rings. The predicted molar refractivity (Wildman–Crippen MR) is 99.3 cm³/mol. The molecule has 25 heavy (non-hydrogen) atoms. The lowest BCUT2D eigenvalue weighted by Gasteiger charge is -2.24. The van der Waals surface area contributed by atoms with E-state index < -0.39 is 0 Å². The summed E-state index contributed by atoms with van der Waals surface area (Å²) in [6, 6.07) is 16.8. The van der Waals surface area contributed by atoms with Crippen LogP contribution in [0.5, 0.6) is 0 Å². The third-order valence-electron chi connectivity index (χ3n) is 5.03. The van der Waals surface area contributed by atoms with Gasteiger partial charge < -0.3 is 4.90 Å². The number of likely N-dealkylation sites (N-methyl/N-ethyl adjacent to an activating group) is 1. The van der Waals surface area contributed by atoms with Crippen LogP contribution >= 0.6 is 0 Å². The quantitative estimate of drug-likeness (QED) is 0.717. The topological polar surface area (TPSA) is 46.8 Å². The van der Waals surface area contributed by atoms with E-state index in [0.29, 0.717) is 0 Å². The summed E-state index contributed by atoms with van der Waals surface area (Å²) < 4.78 is 1.83. The van der Waals surface area contributed by atoms with Gasteiger partial charge in [-0.05, 0) is 50.5 Å². The van der Waals surface area contributed by atoms with Crippen molar-refractivity contribution in [1.82, 2.24) is 20.0 Å². The maximum absolute atomic E-state index is 4.46. The molecule has 0 radical (unpaired) electrons. The molecule has 1 saturated carbocycles. The highest BCUT2D eigenvalue weighted by atomic mass is 15.4.